The minimum atomic E-state index is -0.137. The number of thioether (sulfide) groups is 1. The predicted molar refractivity (Wildman–Crippen MR) is 89.5 cm³/mol. The van der Waals surface area contributed by atoms with E-state index in [0.29, 0.717) is 6.04 Å². The molecule has 0 radical (unpaired) electrons. The van der Waals surface area contributed by atoms with E-state index < -0.39 is 0 Å². The van der Waals surface area contributed by atoms with Gasteiger partial charge in [0.1, 0.15) is 0 Å². The molecule has 2 nitrogen and oxygen atoms in total. The molecule has 0 aliphatic heterocycles. The molecule has 0 aliphatic rings. The maximum Gasteiger partial charge on any atom is 0.0610 e. The second-order valence-electron chi connectivity index (χ2n) is 6.14. The van der Waals surface area contributed by atoms with Gasteiger partial charge >= 0.3 is 0 Å². The van der Waals surface area contributed by atoms with E-state index >= 15 is 0 Å². The standard InChI is InChI=1S/C17H29NOS/c1-14(2)18-17(4,13-19)10-5-6-11-20-16-9-7-8-15(3)12-16/h7-9,12,14,18-19H,5-6,10-11,13H2,1-4H3. The van der Waals surface area contributed by atoms with Gasteiger partial charge in [0.2, 0.25) is 0 Å². The van der Waals surface area contributed by atoms with Gasteiger partial charge in [0, 0.05) is 16.5 Å². The molecule has 1 aromatic carbocycles. The topological polar surface area (TPSA) is 32.3 Å². The molecule has 0 spiro atoms. The fourth-order valence-corrected chi connectivity index (χ4v) is 3.43. The van der Waals surface area contributed by atoms with Crippen LogP contribution in [0.2, 0.25) is 0 Å². The molecule has 0 amide bonds. The van der Waals surface area contributed by atoms with Crippen molar-refractivity contribution in [2.75, 3.05) is 12.4 Å². The van der Waals surface area contributed by atoms with E-state index in [-0.39, 0.29) is 12.1 Å². The number of aliphatic hydroxyl groups is 1. The Morgan fingerprint density at radius 2 is 2.05 bits per heavy atom. The zero-order chi connectivity index (χ0) is 15.0. The highest BCUT2D eigenvalue weighted by Gasteiger charge is 2.22. The summed E-state index contributed by atoms with van der Waals surface area (Å²) in [6.45, 7) is 8.70. The number of aryl methyl sites for hydroxylation is 1. The van der Waals surface area contributed by atoms with Crippen molar-refractivity contribution in [3.8, 4) is 0 Å². The lowest BCUT2D eigenvalue weighted by atomic mass is 9.95. The number of hydrogen-bond acceptors (Lipinski definition) is 3. The zero-order valence-corrected chi connectivity index (χ0v) is 14.1. The second kappa shape index (κ2) is 8.71. The highest BCUT2D eigenvalue weighted by atomic mass is 32.2. The lowest BCUT2D eigenvalue weighted by molar-refractivity contribution is 0.154. The number of rotatable bonds is 9. The van der Waals surface area contributed by atoms with Gasteiger partial charge in [-0.3, -0.25) is 0 Å². The third kappa shape index (κ3) is 6.78. The Balaban J connectivity index is 2.24. The molecule has 0 bridgehead atoms. The van der Waals surface area contributed by atoms with Gasteiger partial charge in [-0.05, 0) is 44.6 Å². The third-order valence-electron chi connectivity index (χ3n) is 3.37. The Morgan fingerprint density at radius 1 is 1.30 bits per heavy atom. The summed E-state index contributed by atoms with van der Waals surface area (Å²) in [5.74, 6) is 1.15. The molecule has 1 unspecified atom stereocenters. The van der Waals surface area contributed by atoms with Crippen LogP contribution in [0.25, 0.3) is 0 Å². The summed E-state index contributed by atoms with van der Waals surface area (Å²) < 4.78 is 0. The number of unbranched alkanes of at least 4 members (excludes halogenated alkanes) is 1. The smallest absolute Gasteiger partial charge is 0.0610 e. The summed E-state index contributed by atoms with van der Waals surface area (Å²) in [5, 5.41) is 13.0. The van der Waals surface area contributed by atoms with Gasteiger partial charge in [-0.1, -0.05) is 38.0 Å². The van der Waals surface area contributed by atoms with E-state index in [1.165, 1.54) is 16.9 Å². The van der Waals surface area contributed by atoms with Crippen molar-refractivity contribution in [1.29, 1.82) is 0 Å². The molecule has 20 heavy (non-hydrogen) atoms. The number of aliphatic hydroxyl groups excluding tert-OH is 1. The van der Waals surface area contributed by atoms with E-state index in [9.17, 15) is 5.11 Å². The number of nitrogens with one attached hydrogen (secondary N) is 1. The normalized spacial score (nSPS) is 14.5. The number of benzene rings is 1. The molecule has 0 aliphatic carbocycles. The fraction of sp³-hybridized carbons (Fsp3) is 0.647. The van der Waals surface area contributed by atoms with Crippen LogP contribution in [-0.4, -0.2) is 29.0 Å². The first-order valence-corrected chi connectivity index (χ1v) is 8.52. The number of hydrogen-bond donors (Lipinski definition) is 2. The summed E-state index contributed by atoms with van der Waals surface area (Å²) >= 11 is 1.92. The van der Waals surface area contributed by atoms with Crippen LogP contribution in [0.1, 0.15) is 45.6 Å². The van der Waals surface area contributed by atoms with Crippen molar-refractivity contribution < 1.29 is 5.11 Å². The summed E-state index contributed by atoms with van der Waals surface area (Å²) in [6, 6.07) is 9.08. The monoisotopic (exact) mass is 295 g/mol. The van der Waals surface area contributed by atoms with Crippen molar-refractivity contribution >= 4 is 11.8 Å². The van der Waals surface area contributed by atoms with E-state index in [1.54, 1.807) is 0 Å². The van der Waals surface area contributed by atoms with Crippen LogP contribution < -0.4 is 5.32 Å². The van der Waals surface area contributed by atoms with Crippen LogP contribution in [0.4, 0.5) is 0 Å². The first kappa shape index (κ1) is 17.5. The van der Waals surface area contributed by atoms with Crippen LogP contribution in [0.5, 0.6) is 0 Å². The summed E-state index contributed by atoms with van der Waals surface area (Å²) in [5.41, 5.74) is 1.19. The Hall–Kier alpha value is -0.510. The van der Waals surface area contributed by atoms with Crippen LogP contribution in [0.15, 0.2) is 29.2 Å². The molecular weight excluding hydrogens is 266 g/mol. The minimum absolute atomic E-state index is 0.137. The summed E-state index contributed by atoms with van der Waals surface area (Å²) in [6.07, 6.45) is 3.36. The molecule has 0 saturated carbocycles. The van der Waals surface area contributed by atoms with Gasteiger partial charge in [-0.25, -0.2) is 0 Å². The predicted octanol–water partition coefficient (Wildman–Crippen LogP) is 4.01. The lowest BCUT2D eigenvalue weighted by Gasteiger charge is -2.31. The van der Waals surface area contributed by atoms with Crippen molar-refractivity contribution in [1.82, 2.24) is 5.32 Å². The van der Waals surface area contributed by atoms with Crippen LogP contribution >= 0.6 is 11.8 Å². The van der Waals surface area contributed by atoms with Gasteiger partial charge in [0.05, 0.1) is 6.61 Å². The highest BCUT2D eigenvalue weighted by molar-refractivity contribution is 7.99. The van der Waals surface area contributed by atoms with E-state index in [0.717, 1.165) is 18.6 Å². The Morgan fingerprint density at radius 3 is 2.65 bits per heavy atom. The molecule has 1 aromatic rings. The molecular formula is C17H29NOS. The first-order chi connectivity index (χ1) is 9.45. The highest BCUT2D eigenvalue weighted by Crippen LogP contribution is 2.22. The maximum atomic E-state index is 9.53. The van der Waals surface area contributed by atoms with Gasteiger partial charge < -0.3 is 10.4 Å². The molecule has 114 valence electrons. The minimum Gasteiger partial charge on any atom is -0.394 e. The Bertz CT molecular complexity index is 394. The van der Waals surface area contributed by atoms with Gasteiger partial charge in [-0.2, -0.15) is 0 Å². The van der Waals surface area contributed by atoms with E-state index in [2.05, 4.69) is 57.3 Å². The average molecular weight is 295 g/mol. The molecule has 0 fully saturated rings. The van der Waals surface area contributed by atoms with Crippen molar-refractivity contribution in [3.05, 3.63) is 29.8 Å². The molecule has 0 heterocycles. The molecule has 0 aromatic heterocycles. The SMILES string of the molecule is Cc1cccc(SCCCCC(C)(CO)NC(C)C)c1. The molecule has 1 atom stereocenters. The first-order valence-electron chi connectivity index (χ1n) is 7.53. The van der Waals surface area contributed by atoms with Crippen molar-refractivity contribution in [3.63, 3.8) is 0 Å². The Labute approximate surface area is 128 Å². The van der Waals surface area contributed by atoms with E-state index in [4.69, 9.17) is 0 Å². The van der Waals surface area contributed by atoms with Gasteiger partial charge in [0.15, 0.2) is 0 Å². The second-order valence-corrected chi connectivity index (χ2v) is 7.31. The van der Waals surface area contributed by atoms with Crippen molar-refractivity contribution in [2.45, 2.75) is 63.4 Å². The van der Waals surface area contributed by atoms with Crippen LogP contribution in [0.3, 0.4) is 0 Å². The maximum absolute atomic E-state index is 9.53. The van der Waals surface area contributed by atoms with Crippen LogP contribution in [-0.2, 0) is 0 Å². The average Bonchev–Trinajstić information content (AvgIpc) is 2.37. The van der Waals surface area contributed by atoms with Crippen LogP contribution in [0, 0.1) is 6.92 Å². The summed E-state index contributed by atoms with van der Waals surface area (Å²) in [4.78, 5) is 1.36. The van der Waals surface area contributed by atoms with E-state index in [1.807, 2.05) is 11.8 Å². The van der Waals surface area contributed by atoms with Gasteiger partial charge in [-0.15, -0.1) is 11.8 Å². The fourth-order valence-electron chi connectivity index (χ4n) is 2.41. The molecule has 0 saturated heterocycles. The lowest BCUT2D eigenvalue weighted by Crippen LogP contribution is -2.49. The molecule has 2 N–H and O–H groups in total. The summed E-state index contributed by atoms with van der Waals surface area (Å²) in [7, 11) is 0. The largest absolute Gasteiger partial charge is 0.394 e. The molecule has 3 heteroatoms. The van der Waals surface area contributed by atoms with Gasteiger partial charge in [0.25, 0.3) is 0 Å². The van der Waals surface area contributed by atoms with Crippen molar-refractivity contribution in [2.24, 2.45) is 0 Å². The molecule has 1 rings (SSSR count). The quantitative estimate of drug-likeness (QED) is 0.533. The third-order valence-corrected chi connectivity index (χ3v) is 4.45. The zero-order valence-electron chi connectivity index (χ0n) is 13.3. The Kier molecular flexibility index (Phi) is 7.63.